The first-order valence-electron chi connectivity index (χ1n) is 5.91. The Bertz CT molecular complexity index is 736. The van der Waals surface area contributed by atoms with Crippen LogP contribution in [-0.2, 0) is 0 Å². The number of H-pyrrole nitrogens is 1. The van der Waals surface area contributed by atoms with E-state index in [0.29, 0.717) is 5.82 Å². The highest BCUT2D eigenvalue weighted by molar-refractivity contribution is 5.89. The summed E-state index contributed by atoms with van der Waals surface area (Å²) in [6.07, 6.45) is 0. The molecule has 6 nitrogen and oxygen atoms in total. The van der Waals surface area contributed by atoms with Crippen molar-refractivity contribution in [2.24, 2.45) is 0 Å². The summed E-state index contributed by atoms with van der Waals surface area (Å²) >= 11 is 0. The zero-order chi connectivity index (χ0) is 13.9. The molecule has 0 aliphatic carbocycles. The molecule has 0 fully saturated rings. The van der Waals surface area contributed by atoms with Gasteiger partial charge in [-0.1, -0.05) is 36.4 Å². The molecular weight excluding hydrogens is 256 g/mol. The number of aromatic carboxylic acids is 1. The molecule has 0 saturated carbocycles. The van der Waals surface area contributed by atoms with Crippen LogP contribution in [0.25, 0.3) is 22.5 Å². The minimum atomic E-state index is -0.935. The summed E-state index contributed by atoms with van der Waals surface area (Å²) in [5.41, 5.74) is 2.89. The molecule has 6 heteroatoms. The SMILES string of the molecule is O=C(O)c1cccc(-c2ccc(-c3nn[nH]n3)cc2)c1. The van der Waals surface area contributed by atoms with Gasteiger partial charge >= 0.3 is 5.97 Å². The predicted octanol–water partition coefficient (Wildman–Crippen LogP) is 2.23. The topological polar surface area (TPSA) is 91.8 Å². The van der Waals surface area contributed by atoms with Crippen molar-refractivity contribution >= 4 is 5.97 Å². The Kier molecular flexibility index (Phi) is 2.96. The Morgan fingerprint density at radius 1 is 1.00 bits per heavy atom. The molecule has 0 amide bonds. The summed E-state index contributed by atoms with van der Waals surface area (Å²) in [5, 5.41) is 22.7. The summed E-state index contributed by atoms with van der Waals surface area (Å²) in [6, 6.07) is 14.3. The number of tetrazole rings is 1. The van der Waals surface area contributed by atoms with Crippen LogP contribution in [0.1, 0.15) is 10.4 Å². The molecule has 1 aromatic heterocycles. The van der Waals surface area contributed by atoms with Gasteiger partial charge in [-0.15, -0.1) is 10.2 Å². The average molecular weight is 266 g/mol. The third-order valence-electron chi connectivity index (χ3n) is 2.93. The van der Waals surface area contributed by atoms with E-state index in [0.717, 1.165) is 16.7 Å². The number of hydrogen-bond donors (Lipinski definition) is 2. The zero-order valence-corrected chi connectivity index (χ0v) is 10.3. The molecule has 0 radical (unpaired) electrons. The Balaban J connectivity index is 1.95. The first-order valence-corrected chi connectivity index (χ1v) is 5.91. The van der Waals surface area contributed by atoms with Gasteiger partial charge in [0.1, 0.15) is 0 Å². The number of rotatable bonds is 3. The second-order valence-electron chi connectivity index (χ2n) is 4.20. The van der Waals surface area contributed by atoms with Crippen molar-refractivity contribution < 1.29 is 9.90 Å². The third-order valence-corrected chi connectivity index (χ3v) is 2.93. The quantitative estimate of drug-likeness (QED) is 0.758. The number of nitrogens with one attached hydrogen (secondary N) is 1. The maximum atomic E-state index is 11.0. The first kappa shape index (κ1) is 12.0. The Hall–Kier alpha value is -3.02. The predicted molar refractivity (Wildman–Crippen MR) is 72.0 cm³/mol. The molecule has 3 rings (SSSR count). The van der Waals surface area contributed by atoms with Crippen LogP contribution < -0.4 is 0 Å². The Morgan fingerprint density at radius 2 is 1.75 bits per heavy atom. The molecule has 0 aliphatic heterocycles. The standard InChI is InChI=1S/C14H10N4O2/c19-14(20)12-3-1-2-11(8-12)9-4-6-10(7-5-9)13-15-17-18-16-13/h1-8H,(H,19,20)(H,15,16,17,18). The summed E-state index contributed by atoms with van der Waals surface area (Å²) in [5.74, 6) is -0.411. The second-order valence-corrected chi connectivity index (χ2v) is 4.20. The highest BCUT2D eigenvalue weighted by Crippen LogP contribution is 2.23. The molecule has 20 heavy (non-hydrogen) atoms. The van der Waals surface area contributed by atoms with Crippen molar-refractivity contribution in [2.75, 3.05) is 0 Å². The van der Waals surface area contributed by atoms with E-state index in [2.05, 4.69) is 20.6 Å². The fourth-order valence-corrected chi connectivity index (χ4v) is 1.93. The lowest BCUT2D eigenvalue weighted by atomic mass is 10.0. The molecule has 0 atom stereocenters. The first-order chi connectivity index (χ1) is 9.74. The number of nitrogens with zero attached hydrogens (tertiary/aromatic N) is 3. The lowest BCUT2D eigenvalue weighted by Crippen LogP contribution is -1.95. The maximum absolute atomic E-state index is 11.0. The molecule has 0 spiro atoms. The van der Waals surface area contributed by atoms with E-state index in [1.165, 1.54) is 0 Å². The van der Waals surface area contributed by atoms with Crippen LogP contribution in [0.3, 0.4) is 0 Å². The van der Waals surface area contributed by atoms with Gasteiger partial charge in [0.2, 0.25) is 5.82 Å². The van der Waals surface area contributed by atoms with Crippen molar-refractivity contribution in [3.05, 3.63) is 54.1 Å². The van der Waals surface area contributed by atoms with Crippen LogP contribution in [-0.4, -0.2) is 31.7 Å². The van der Waals surface area contributed by atoms with E-state index in [9.17, 15) is 4.79 Å². The minimum absolute atomic E-state index is 0.268. The summed E-state index contributed by atoms with van der Waals surface area (Å²) in [7, 11) is 0. The summed E-state index contributed by atoms with van der Waals surface area (Å²) in [4.78, 5) is 11.0. The van der Waals surface area contributed by atoms with Crippen molar-refractivity contribution in [3.8, 4) is 22.5 Å². The molecule has 0 saturated heterocycles. The number of hydrogen-bond acceptors (Lipinski definition) is 4. The van der Waals surface area contributed by atoms with E-state index in [1.807, 2.05) is 30.3 Å². The van der Waals surface area contributed by atoms with Gasteiger partial charge in [-0.25, -0.2) is 4.79 Å². The molecule has 0 bridgehead atoms. The molecule has 3 aromatic rings. The summed E-state index contributed by atoms with van der Waals surface area (Å²) < 4.78 is 0. The van der Waals surface area contributed by atoms with Gasteiger partial charge in [0.05, 0.1) is 5.56 Å². The van der Waals surface area contributed by atoms with Crippen molar-refractivity contribution in [1.82, 2.24) is 20.6 Å². The van der Waals surface area contributed by atoms with Gasteiger partial charge in [0, 0.05) is 5.56 Å². The monoisotopic (exact) mass is 266 g/mol. The van der Waals surface area contributed by atoms with Crippen LogP contribution >= 0.6 is 0 Å². The van der Waals surface area contributed by atoms with Gasteiger partial charge in [-0.3, -0.25) is 0 Å². The number of aromatic amines is 1. The van der Waals surface area contributed by atoms with Gasteiger partial charge in [-0.2, -0.15) is 5.21 Å². The second kappa shape index (κ2) is 4.93. The van der Waals surface area contributed by atoms with Crippen molar-refractivity contribution in [1.29, 1.82) is 0 Å². The van der Waals surface area contributed by atoms with Crippen LogP contribution in [0, 0.1) is 0 Å². The van der Waals surface area contributed by atoms with Gasteiger partial charge in [-0.05, 0) is 28.5 Å². The van der Waals surface area contributed by atoms with E-state index >= 15 is 0 Å². The van der Waals surface area contributed by atoms with Crippen LogP contribution in [0.5, 0.6) is 0 Å². The third kappa shape index (κ3) is 2.26. The number of carboxylic acid groups (broad SMARTS) is 1. The number of carboxylic acids is 1. The normalized spacial score (nSPS) is 10.4. The van der Waals surface area contributed by atoms with Crippen LogP contribution in [0.2, 0.25) is 0 Å². The molecule has 2 aromatic carbocycles. The minimum Gasteiger partial charge on any atom is -0.478 e. The summed E-state index contributed by atoms with van der Waals surface area (Å²) in [6.45, 7) is 0. The molecule has 1 heterocycles. The van der Waals surface area contributed by atoms with Crippen molar-refractivity contribution in [2.45, 2.75) is 0 Å². The average Bonchev–Trinajstić information content (AvgIpc) is 3.02. The van der Waals surface area contributed by atoms with E-state index in [1.54, 1.807) is 18.2 Å². The molecule has 0 unspecified atom stereocenters. The van der Waals surface area contributed by atoms with Crippen LogP contribution in [0.4, 0.5) is 0 Å². The Labute approximate surface area is 114 Å². The molecule has 2 N–H and O–H groups in total. The number of carbonyl (C=O) groups is 1. The lowest BCUT2D eigenvalue weighted by molar-refractivity contribution is 0.0697. The van der Waals surface area contributed by atoms with E-state index in [-0.39, 0.29) is 5.56 Å². The lowest BCUT2D eigenvalue weighted by Gasteiger charge is -2.03. The van der Waals surface area contributed by atoms with E-state index in [4.69, 9.17) is 5.11 Å². The largest absolute Gasteiger partial charge is 0.478 e. The van der Waals surface area contributed by atoms with Crippen LogP contribution in [0.15, 0.2) is 48.5 Å². The smallest absolute Gasteiger partial charge is 0.335 e. The Morgan fingerprint density at radius 3 is 2.40 bits per heavy atom. The maximum Gasteiger partial charge on any atom is 0.335 e. The molecule has 98 valence electrons. The molecule has 0 aliphatic rings. The highest BCUT2D eigenvalue weighted by Gasteiger charge is 2.06. The van der Waals surface area contributed by atoms with E-state index < -0.39 is 5.97 Å². The highest BCUT2D eigenvalue weighted by atomic mass is 16.4. The number of aromatic nitrogens is 4. The van der Waals surface area contributed by atoms with Crippen molar-refractivity contribution in [3.63, 3.8) is 0 Å². The number of benzene rings is 2. The van der Waals surface area contributed by atoms with Gasteiger partial charge in [0.15, 0.2) is 0 Å². The fourth-order valence-electron chi connectivity index (χ4n) is 1.93. The fraction of sp³-hybridized carbons (Fsp3) is 0. The molecular formula is C14H10N4O2. The zero-order valence-electron chi connectivity index (χ0n) is 10.3. The van der Waals surface area contributed by atoms with Gasteiger partial charge in [0.25, 0.3) is 0 Å². The van der Waals surface area contributed by atoms with Gasteiger partial charge < -0.3 is 5.11 Å².